The lowest BCUT2D eigenvalue weighted by atomic mass is 10.1. The van der Waals surface area contributed by atoms with Crippen LogP contribution >= 0.6 is 0 Å². The summed E-state index contributed by atoms with van der Waals surface area (Å²) < 4.78 is 5.50. The molecule has 0 fully saturated rings. The van der Waals surface area contributed by atoms with Gasteiger partial charge in [-0.1, -0.05) is 19.1 Å². The van der Waals surface area contributed by atoms with Crippen molar-refractivity contribution in [3.05, 3.63) is 42.0 Å². The summed E-state index contributed by atoms with van der Waals surface area (Å²) >= 11 is 0. The third-order valence-electron chi connectivity index (χ3n) is 2.44. The molecule has 0 saturated carbocycles. The highest BCUT2D eigenvalue weighted by atomic mass is 16.5. The Morgan fingerprint density at radius 2 is 2.12 bits per heavy atom. The van der Waals surface area contributed by atoms with Gasteiger partial charge in [0.05, 0.1) is 12.6 Å². The molecule has 0 bridgehead atoms. The quantitative estimate of drug-likeness (QED) is 0.821. The molecule has 0 spiro atoms. The number of nitrogens with one attached hydrogen (secondary N) is 1. The number of rotatable bonds is 5. The average molecular weight is 232 g/mol. The summed E-state index contributed by atoms with van der Waals surface area (Å²) in [5, 5.41) is 6.55. The molecule has 0 aliphatic carbocycles. The molecule has 0 aliphatic rings. The summed E-state index contributed by atoms with van der Waals surface area (Å²) in [7, 11) is 0. The second-order valence-electron chi connectivity index (χ2n) is 3.77. The third-order valence-corrected chi connectivity index (χ3v) is 2.44. The van der Waals surface area contributed by atoms with Crippen LogP contribution in [0.25, 0.3) is 0 Å². The van der Waals surface area contributed by atoms with Gasteiger partial charge in [-0.2, -0.15) is 5.10 Å². The van der Waals surface area contributed by atoms with E-state index in [4.69, 9.17) is 10.5 Å². The van der Waals surface area contributed by atoms with E-state index in [1.165, 1.54) is 6.33 Å². The van der Waals surface area contributed by atoms with Gasteiger partial charge < -0.3 is 10.5 Å². The maximum absolute atomic E-state index is 6.04. The molecule has 2 rings (SSSR count). The monoisotopic (exact) mass is 232 g/mol. The first-order valence-electron chi connectivity index (χ1n) is 5.65. The third kappa shape index (κ3) is 2.82. The van der Waals surface area contributed by atoms with Gasteiger partial charge in [0.2, 0.25) is 0 Å². The van der Waals surface area contributed by atoms with Crippen LogP contribution in [0, 0.1) is 0 Å². The standard InChI is InChI=1S/C12H16N4O/c1-2-7-17-10-5-3-9(4-6-10)11(13)12-14-8-15-16-12/h3-6,8,11H,2,7,13H2,1H3,(H,14,15,16). The van der Waals surface area contributed by atoms with Crippen LogP contribution < -0.4 is 10.5 Å². The summed E-state index contributed by atoms with van der Waals surface area (Å²) in [5.74, 6) is 1.52. The fraction of sp³-hybridized carbons (Fsp3) is 0.333. The molecule has 1 atom stereocenters. The Bertz CT molecular complexity index is 438. The average Bonchev–Trinajstić information content (AvgIpc) is 2.90. The van der Waals surface area contributed by atoms with Gasteiger partial charge >= 0.3 is 0 Å². The molecule has 0 aliphatic heterocycles. The van der Waals surface area contributed by atoms with E-state index in [1.807, 2.05) is 24.3 Å². The Hall–Kier alpha value is -1.88. The van der Waals surface area contributed by atoms with E-state index >= 15 is 0 Å². The molecule has 1 aromatic carbocycles. The van der Waals surface area contributed by atoms with Crippen LogP contribution in [0.2, 0.25) is 0 Å². The lowest BCUT2D eigenvalue weighted by Gasteiger charge is -2.10. The topological polar surface area (TPSA) is 76.8 Å². The van der Waals surface area contributed by atoms with Gasteiger partial charge in [0.1, 0.15) is 17.9 Å². The van der Waals surface area contributed by atoms with Crippen molar-refractivity contribution in [2.24, 2.45) is 5.73 Å². The number of hydrogen-bond donors (Lipinski definition) is 2. The van der Waals surface area contributed by atoms with Crippen LogP contribution in [0.1, 0.15) is 30.8 Å². The molecule has 3 N–H and O–H groups in total. The first-order valence-corrected chi connectivity index (χ1v) is 5.65. The maximum Gasteiger partial charge on any atom is 0.145 e. The Morgan fingerprint density at radius 3 is 2.71 bits per heavy atom. The minimum absolute atomic E-state index is 0.280. The number of nitrogens with two attached hydrogens (primary N) is 1. The van der Waals surface area contributed by atoms with Gasteiger partial charge in [-0.15, -0.1) is 0 Å². The normalized spacial score (nSPS) is 12.4. The summed E-state index contributed by atoms with van der Waals surface area (Å²) in [6.45, 7) is 2.81. The number of aromatic nitrogens is 3. The van der Waals surface area contributed by atoms with Gasteiger partial charge in [0.15, 0.2) is 0 Å². The fourth-order valence-corrected chi connectivity index (χ4v) is 1.51. The molecule has 1 aromatic heterocycles. The maximum atomic E-state index is 6.04. The van der Waals surface area contributed by atoms with E-state index in [2.05, 4.69) is 22.1 Å². The number of benzene rings is 1. The lowest BCUT2D eigenvalue weighted by molar-refractivity contribution is 0.317. The van der Waals surface area contributed by atoms with E-state index in [0.29, 0.717) is 5.82 Å². The van der Waals surface area contributed by atoms with Crippen molar-refractivity contribution in [2.45, 2.75) is 19.4 Å². The Balaban J connectivity index is 2.07. The van der Waals surface area contributed by atoms with Gasteiger partial charge in [-0.05, 0) is 24.1 Å². The summed E-state index contributed by atoms with van der Waals surface area (Å²) in [6, 6.07) is 7.44. The van der Waals surface area contributed by atoms with Crippen molar-refractivity contribution in [3.63, 3.8) is 0 Å². The van der Waals surface area contributed by atoms with Crippen molar-refractivity contribution < 1.29 is 4.74 Å². The van der Waals surface area contributed by atoms with Gasteiger partial charge in [0, 0.05) is 0 Å². The number of aromatic amines is 1. The predicted molar refractivity (Wildman–Crippen MR) is 64.6 cm³/mol. The Labute approximate surface area is 100 Å². The molecular formula is C12H16N4O. The second kappa shape index (κ2) is 5.45. The number of hydrogen-bond acceptors (Lipinski definition) is 4. The zero-order chi connectivity index (χ0) is 12.1. The minimum Gasteiger partial charge on any atom is -0.494 e. The predicted octanol–water partition coefficient (Wildman–Crippen LogP) is 1.64. The molecule has 1 unspecified atom stereocenters. The summed E-state index contributed by atoms with van der Waals surface area (Å²) in [6.07, 6.45) is 2.45. The Kier molecular flexibility index (Phi) is 3.72. The molecule has 0 amide bonds. The van der Waals surface area contributed by atoms with Crippen molar-refractivity contribution in [1.29, 1.82) is 0 Å². The fourth-order valence-electron chi connectivity index (χ4n) is 1.51. The SMILES string of the molecule is CCCOc1ccc(C(N)c2ncn[nH]2)cc1. The Morgan fingerprint density at radius 1 is 1.35 bits per heavy atom. The molecule has 5 nitrogen and oxygen atoms in total. The first-order chi connectivity index (χ1) is 8.31. The van der Waals surface area contributed by atoms with Crippen LogP contribution in [-0.4, -0.2) is 21.8 Å². The van der Waals surface area contributed by atoms with Crippen molar-refractivity contribution in [3.8, 4) is 5.75 Å². The minimum atomic E-state index is -0.280. The van der Waals surface area contributed by atoms with E-state index in [1.54, 1.807) is 0 Å². The summed E-state index contributed by atoms with van der Waals surface area (Å²) in [5.41, 5.74) is 7.01. The number of H-pyrrole nitrogens is 1. The molecule has 5 heteroatoms. The molecule has 17 heavy (non-hydrogen) atoms. The van der Waals surface area contributed by atoms with Crippen molar-refractivity contribution >= 4 is 0 Å². The molecular weight excluding hydrogens is 216 g/mol. The van der Waals surface area contributed by atoms with Crippen LogP contribution in [0.3, 0.4) is 0 Å². The van der Waals surface area contributed by atoms with E-state index in [9.17, 15) is 0 Å². The highest BCUT2D eigenvalue weighted by Crippen LogP contribution is 2.19. The van der Waals surface area contributed by atoms with Gasteiger partial charge in [0.25, 0.3) is 0 Å². The van der Waals surface area contributed by atoms with Crippen LogP contribution in [0.15, 0.2) is 30.6 Å². The van der Waals surface area contributed by atoms with Crippen LogP contribution in [0.4, 0.5) is 0 Å². The van der Waals surface area contributed by atoms with E-state index in [-0.39, 0.29) is 6.04 Å². The molecule has 1 heterocycles. The number of ether oxygens (including phenoxy) is 1. The first kappa shape index (κ1) is 11.6. The van der Waals surface area contributed by atoms with Crippen LogP contribution in [0.5, 0.6) is 5.75 Å². The summed E-state index contributed by atoms with van der Waals surface area (Å²) in [4.78, 5) is 4.04. The largest absolute Gasteiger partial charge is 0.494 e. The molecule has 90 valence electrons. The molecule has 0 radical (unpaired) electrons. The second-order valence-corrected chi connectivity index (χ2v) is 3.77. The van der Waals surface area contributed by atoms with Crippen molar-refractivity contribution in [2.75, 3.05) is 6.61 Å². The van der Waals surface area contributed by atoms with Gasteiger partial charge in [-0.3, -0.25) is 5.10 Å². The zero-order valence-electron chi connectivity index (χ0n) is 9.76. The molecule has 0 saturated heterocycles. The van der Waals surface area contributed by atoms with Crippen molar-refractivity contribution in [1.82, 2.24) is 15.2 Å². The van der Waals surface area contributed by atoms with E-state index < -0.39 is 0 Å². The number of nitrogens with zero attached hydrogens (tertiary/aromatic N) is 2. The highest BCUT2D eigenvalue weighted by molar-refractivity contribution is 5.31. The lowest BCUT2D eigenvalue weighted by Crippen LogP contribution is -2.13. The smallest absolute Gasteiger partial charge is 0.145 e. The highest BCUT2D eigenvalue weighted by Gasteiger charge is 2.11. The van der Waals surface area contributed by atoms with E-state index in [0.717, 1.165) is 24.3 Å². The zero-order valence-corrected chi connectivity index (χ0v) is 9.76. The molecule has 2 aromatic rings. The van der Waals surface area contributed by atoms with Gasteiger partial charge in [-0.25, -0.2) is 4.98 Å². The van der Waals surface area contributed by atoms with Crippen LogP contribution in [-0.2, 0) is 0 Å².